The fraction of sp³-hybridized carbons (Fsp3) is 0.391. The molecule has 3 aliphatic carbocycles. The molecular weight excluding hydrogens is 430 g/mol. The van der Waals surface area contributed by atoms with E-state index >= 15 is 0 Å². The van der Waals surface area contributed by atoms with Crippen LogP contribution in [0.2, 0.25) is 0 Å². The fourth-order valence-electron chi connectivity index (χ4n) is 5.74. The van der Waals surface area contributed by atoms with E-state index in [-0.39, 0.29) is 40.3 Å². The van der Waals surface area contributed by atoms with Gasteiger partial charge in [-0.15, -0.1) is 0 Å². The number of benzene rings is 1. The lowest BCUT2D eigenvalue weighted by Gasteiger charge is -2.47. The van der Waals surface area contributed by atoms with Crippen molar-refractivity contribution in [2.24, 2.45) is 24.8 Å². The Morgan fingerprint density at radius 2 is 1.91 bits per heavy atom. The van der Waals surface area contributed by atoms with Gasteiger partial charge in [-0.3, -0.25) is 9.89 Å². The Balaban J connectivity index is 1.49. The van der Waals surface area contributed by atoms with Crippen molar-refractivity contribution in [1.82, 2.24) is 24.7 Å². The molecule has 0 radical (unpaired) electrons. The number of aliphatic carboxylic acids is 1. The van der Waals surface area contributed by atoms with Crippen molar-refractivity contribution >= 4 is 33.7 Å². The third-order valence-electron chi connectivity index (χ3n) is 7.33. The highest BCUT2D eigenvalue weighted by Crippen LogP contribution is 2.46. The lowest BCUT2D eigenvalue weighted by atomic mass is 9.61. The van der Waals surface area contributed by atoms with Gasteiger partial charge in [0.2, 0.25) is 0 Å². The number of anilines is 1. The lowest BCUT2D eigenvalue weighted by Crippen LogP contribution is -2.51. The van der Waals surface area contributed by atoms with Gasteiger partial charge in [0.15, 0.2) is 11.6 Å². The molecule has 3 N–H and O–H groups in total. The molecule has 10 heteroatoms. The molecule has 3 heterocycles. The van der Waals surface area contributed by atoms with Crippen LogP contribution in [0.5, 0.6) is 0 Å². The van der Waals surface area contributed by atoms with Gasteiger partial charge in [-0.25, -0.2) is 18.7 Å². The number of hydrogen-bond acceptors (Lipinski definition) is 5. The summed E-state index contributed by atoms with van der Waals surface area (Å²) in [6.07, 6.45) is 5.70. The first-order valence-corrected chi connectivity index (χ1v) is 11.1. The molecule has 0 amide bonds. The van der Waals surface area contributed by atoms with Crippen molar-refractivity contribution in [3.05, 3.63) is 36.0 Å². The first-order chi connectivity index (χ1) is 15.9. The number of carboxylic acid groups (broad SMARTS) is 1. The first-order valence-electron chi connectivity index (χ1n) is 11.1. The molecule has 8 nitrogen and oxygen atoms in total. The van der Waals surface area contributed by atoms with Crippen LogP contribution in [0.15, 0.2) is 24.4 Å². The molecule has 2 unspecified atom stereocenters. The molecule has 7 rings (SSSR count). The van der Waals surface area contributed by atoms with Crippen molar-refractivity contribution in [3.8, 4) is 11.5 Å². The van der Waals surface area contributed by atoms with E-state index in [0.29, 0.717) is 11.5 Å². The average Bonchev–Trinajstić information content (AvgIpc) is 3.38. The molecule has 0 aliphatic heterocycles. The van der Waals surface area contributed by atoms with Gasteiger partial charge in [-0.1, -0.05) is 0 Å². The van der Waals surface area contributed by atoms with Crippen LogP contribution in [0, 0.1) is 29.4 Å². The summed E-state index contributed by atoms with van der Waals surface area (Å²) >= 11 is 0. The minimum Gasteiger partial charge on any atom is -0.481 e. The van der Waals surface area contributed by atoms with Crippen LogP contribution in [-0.4, -0.2) is 41.9 Å². The molecule has 2 atom stereocenters. The van der Waals surface area contributed by atoms with E-state index in [1.807, 2.05) is 23.9 Å². The van der Waals surface area contributed by atoms with Gasteiger partial charge in [0.05, 0.1) is 11.3 Å². The predicted octanol–water partition coefficient (Wildman–Crippen LogP) is 4.09. The molecule has 33 heavy (non-hydrogen) atoms. The summed E-state index contributed by atoms with van der Waals surface area (Å²) in [7, 11) is 1.84. The standard InChI is InChI=1S/C23H22F2N6O2/c1-31-7-6-13-20(26-17-11-4-2-10(3-5-11)16(17)23(32)33)27-21(28-22(13)31)19-14-8-12(24)9-15(25)18(14)29-30-19/h6-11,16-17H,2-5H2,1H3,(H,29,30)(H,32,33)(H,26,27,28). The van der Waals surface area contributed by atoms with Gasteiger partial charge in [0.25, 0.3) is 0 Å². The van der Waals surface area contributed by atoms with E-state index in [1.165, 1.54) is 6.07 Å². The van der Waals surface area contributed by atoms with Gasteiger partial charge in [0, 0.05) is 30.7 Å². The number of nitrogens with zero attached hydrogens (tertiary/aromatic N) is 4. The van der Waals surface area contributed by atoms with Gasteiger partial charge in [-0.2, -0.15) is 5.10 Å². The number of halogens is 2. The summed E-state index contributed by atoms with van der Waals surface area (Å²) in [6.45, 7) is 0. The normalized spacial score (nSPS) is 24.6. The van der Waals surface area contributed by atoms with Crippen molar-refractivity contribution in [2.45, 2.75) is 31.7 Å². The molecule has 3 fully saturated rings. The quantitative estimate of drug-likeness (QED) is 0.430. The molecule has 3 aromatic heterocycles. The van der Waals surface area contributed by atoms with Crippen molar-refractivity contribution in [3.63, 3.8) is 0 Å². The number of carboxylic acids is 1. The maximum Gasteiger partial charge on any atom is 0.308 e. The van der Waals surface area contributed by atoms with E-state index in [2.05, 4.69) is 25.5 Å². The average molecular weight is 452 g/mol. The van der Waals surface area contributed by atoms with Gasteiger partial charge < -0.3 is 15.0 Å². The van der Waals surface area contributed by atoms with Crippen LogP contribution in [-0.2, 0) is 11.8 Å². The molecule has 3 saturated carbocycles. The largest absolute Gasteiger partial charge is 0.481 e. The number of aromatic amines is 1. The summed E-state index contributed by atoms with van der Waals surface area (Å²) in [5, 5.41) is 21.2. The third-order valence-corrected chi connectivity index (χ3v) is 7.33. The highest BCUT2D eigenvalue weighted by Gasteiger charge is 2.47. The highest BCUT2D eigenvalue weighted by molar-refractivity contribution is 5.95. The van der Waals surface area contributed by atoms with Gasteiger partial charge >= 0.3 is 5.97 Å². The number of aromatic nitrogens is 5. The predicted molar refractivity (Wildman–Crippen MR) is 117 cm³/mol. The van der Waals surface area contributed by atoms with E-state index < -0.39 is 23.5 Å². The number of H-pyrrole nitrogens is 1. The first kappa shape index (κ1) is 20.1. The topological polar surface area (TPSA) is 109 Å². The summed E-state index contributed by atoms with van der Waals surface area (Å²) in [5.41, 5.74) is 0.921. The monoisotopic (exact) mass is 452 g/mol. The van der Waals surface area contributed by atoms with Crippen LogP contribution >= 0.6 is 0 Å². The molecule has 0 spiro atoms. The van der Waals surface area contributed by atoms with Crippen LogP contribution in [0.3, 0.4) is 0 Å². The van der Waals surface area contributed by atoms with Crippen LogP contribution in [0.1, 0.15) is 25.7 Å². The molecule has 0 saturated heterocycles. The molecule has 1 aromatic carbocycles. The maximum atomic E-state index is 14.2. The Morgan fingerprint density at radius 1 is 1.15 bits per heavy atom. The fourth-order valence-corrected chi connectivity index (χ4v) is 5.74. The number of hydrogen-bond donors (Lipinski definition) is 3. The molecule has 3 aliphatic rings. The van der Waals surface area contributed by atoms with Gasteiger partial charge in [0.1, 0.15) is 28.5 Å². The highest BCUT2D eigenvalue weighted by atomic mass is 19.1. The van der Waals surface area contributed by atoms with E-state index in [9.17, 15) is 18.7 Å². The molecule has 170 valence electrons. The molecule has 2 bridgehead atoms. The smallest absolute Gasteiger partial charge is 0.308 e. The van der Waals surface area contributed by atoms with Gasteiger partial charge in [-0.05, 0) is 49.7 Å². The molecular formula is C23H22F2N6O2. The number of fused-ring (bicyclic) bond motifs is 5. The Morgan fingerprint density at radius 3 is 2.67 bits per heavy atom. The third kappa shape index (κ3) is 3.07. The summed E-state index contributed by atoms with van der Waals surface area (Å²) in [5.74, 6) is -1.62. The van der Waals surface area contributed by atoms with E-state index in [4.69, 9.17) is 0 Å². The Hall–Kier alpha value is -3.56. The van der Waals surface area contributed by atoms with Crippen molar-refractivity contribution in [2.75, 3.05) is 5.32 Å². The minimum absolute atomic E-state index is 0.0759. The van der Waals surface area contributed by atoms with E-state index in [0.717, 1.165) is 37.1 Å². The summed E-state index contributed by atoms with van der Waals surface area (Å²) in [6, 6.07) is 3.62. The lowest BCUT2D eigenvalue weighted by molar-refractivity contribution is -0.148. The number of rotatable bonds is 4. The minimum atomic E-state index is -0.787. The summed E-state index contributed by atoms with van der Waals surface area (Å²) < 4.78 is 30.0. The Bertz CT molecular complexity index is 1410. The number of carbonyl (C=O) groups is 1. The van der Waals surface area contributed by atoms with Crippen LogP contribution in [0.4, 0.5) is 14.6 Å². The Labute approximate surface area is 187 Å². The van der Waals surface area contributed by atoms with Crippen molar-refractivity contribution < 1.29 is 18.7 Å². The van der Waals surface area contributed by atoms with E-state index in [1.54, 1.807) is 0 Å². The van der Waals surface area contributed by atoms with Crippen LogP contribution in [0.25, 0.3) is 33.5 Å². The second-order valence-electron chi connectivity index (χ2n) is 9.15. The number of nitrogens with one attached hydrogen (secondary N) is 2. The zero-order valence-electron chi connectivity index (χ0n) is 17.8. The second kappa shape index (κ2) is 7.23. The number of aryl methyl sites for hydroxylation is 1. The zero-order valence-corrected chi connectivity index (χ0v) is 17.8. The maximum absolute atomic E-state index is 14.2. The van der Waals surface area contributed by atoms with Crippen LogP contribution < -0.4 is 5.32 Å². The van der Waals surface area contributed by atoms with Crippen molar-refractivity contribution in [1.29, 1.82) is 0 Å². The summed E-state index contributed by atoms with van der Waals surface area (Å²) in [4.78, 5) is 21.4. The SMILES string of the molecule is Cn1ccc2c(NC3C4CCC(CC4)C3C(=O)O)nc(-c3n[nH]c4c(F)cc(F)cc34)nc21. The zero-order chi connectivity index (χ0) is 22.9. The Kier molecular flexibility index (Phi) is 4.40. The second-order valence-corrected chi connectivity index (χ2v) is 9.15. The molecule has 4 aromatic rings.